The first kappa shape index (κ1) is 15.0. The highest BCUT2D eigenvalue weighted by Gasteiger charge is 2.16. The van der Waals surface area contributed by atoms with Crippen molar-refractivity contribution in [2.45, 2.75) is 26.2 Å². The molecule has 0 radical (unpaired) electrons. The molecule has 0 bridgehead atoms. The van der Waals surface area contributed by atoms with Crippen LogP contribution >= 0.6 is 0 Å². The predicted molar refractivity (Wildman–Crippen MR) is 85.4 cm³/mol. The zero-order chi connectivity index (χ0) is 14.4. The van der Waals surface area contributed by atoms with Crippen molar-refractivity contribution in [2.75, 3.05) is 44.3 Å². The lowest BCUT2D eigenvalue weighted by atomic mass is 9.94. The Kier molecular flexibility index (Phi) is 5.53. The molecule has 0 atom stereocenters. The van der Waals surface area contributed by atoms with Crippen LogP contribution in [0, 0.1) is 5.92 Å². The van der Waals surface area contributed by atoms with E-state index in [0.717, 1.165) is 29.6 Å². The van der Waals surface area contributed by atoms with E-state index in [4.69, 9.17) is 10.5 Å². The average molecular weight is 277 g/mol. The Bertz CT molecular complexity index is 414. The SMILES string of the molecule is CCOc1cccc(NCCC2CCN(C)CC2)c1N. The van der Waals surface area contributed by atoms with Crippen LogP contribution in [-0.4, -0.2) is 38.2 Å². The minimum atomic E-state index is 0.642. The highest BCUT2D eigenvalue weighted by Crippen LogP contribution is 2.29. The van der Waals surface area contributed by atoms with Gasteiger partial charge in [0.25, 0.3) is 0 Å². The maximum atomic E-state index is 6.11. The van der Waals surface area contributed by atoms with E-state index >= 15 is 0 Å². The van der Waals surface area contributed by atoms with E-state index in [0.29, 0.717) is 6.61 Å². The molecule has 4 heteroatoms. The van der Waals surface area contributed by atoms with Gasteiger partial charge in [0.1, 0.15) is 5.75 Å². The van der Waals surface area contributed by atoms with Crippen molar-refractivity contribution in [3.63, 3.8) is 0 Å². The molecule has 4 nitrogen and oxygen atoms in total. The van der Waals surface area contributed by atoms with Crippen LogP contribution < -0.4 is 15.8 Å². The monoisotopic (exact) mass is 277 g/mol. The van der Waals surface area contributed by atoms with Gasteiger partial charge in [-0.25, -0.2) is 0 Å². The molecule has 3 N–H and O–H groups in total. The van der Waals surface area contributed by atoms with Gasteiger partial charge < -0.3 is 20.7 Å². The van der Waals surface area contributed by atoms with Crippen molar-refractivity contribution >= 4 is 11.4 Å². The summed E-state index contributed by atoms with van der Waals surface area (Å²) in [5.41, 5.74) is 7.82. The van der Waals surface area contributed by atoms with Crippen molar-refractivity contribution in [1.82, 2.24) is 4.90 Å². The zero-order valence-corrected chi connectivity index (χ0v) is 12.7. The minimum absolute atomic E-state index is 0.642. The Balaban J connectivity index is 1.80. The first-order chi connectivity index (χ1) is 9.70. The molecule has 0 saturated carbocycles. The first-order valence-corrected chi connectivity index (χ1v) is 7.64. The van der Waals surface area contributed by atoms with Gasteiger partial charge >= 0.3 is 0 Å². The normalized spacial score (nSPS) is 17.1. The number of likely N-dealkylation sites (tertiary alicyclic amines) is 1. The fourth-order valence-electron chi connectivity index (χ4n) is 2.74. The summed E-state index contributed by atoms with van der Waals surface area (Å²) < 4.78 is 5.51. The molecule has 20 heavy (non-hydrogen) atoms. The van der Waals surface area contributed by atoms with E-state index in [1.54, 1.807) is 0 Å². The lowest BCUT2D eigenvalue weighted by molar-refractivity contribution is 0.215. The van der Waals surface area contributed by atoms with Gasteiger partial charge in [-0.05, 0) is 64.4 Å². The number of ether oxygens (including phenoxy) is 1. The number of nitrogens with two attached hydrogens (primary N) is 1. The Hall–Kier alpha value is -1.42. The molecule has 1 aliphatic rings. The van der Waals surface area contributed by atoms with Gasteiger partial charge in [0, 0.05) is 6.54 Å². The van der Waals surface area contributed by atoms with Crippen LogP contribution in [0.4, 0.5) is 11.4 Å². The molecule has 1 saturated heterocycles. The van der Waals surface area contributed by atoms with Crippen molar-refractivity contribution in [1.29, 1.82) is 0 Å². The summed E-state index contributed by atoms with van der Waals surface area (Å²) in [7, 11) is 2.20. The third-order valence-electron chi connectivity index (χ3n) is 4.07. The Labute approximate surface area is 122 Å². The first-order valence-electron chi connectivity index (χ1n) is 7.64. The molecule has 1 aromatic rings. The van der Waals surface area contributed by atoms with Gasteiger partial charge in [0.05, 0.1) is 18.0 Å². The topological polar surface area (TPSA) is 50.5 Å². The number of para-hydroxylation sites is 1. The van der Waals surface area contributed by atoms with E-state index in [1.165, 1.54) is 32.4 Å². The Morgan fingerprint density at radius 2 is 2.10 bits per heavy atom. The molecule has 0 amide bonds. The smallest absolute Gasteiger partial charge is 0.144 e. The van der Waals surface area contributed by atoms with E-state index in [2.05, 4.69) is 17.3 Å². The van der Waals surface area contributed by atoms with Gasteiger partial charge in [0.2, 0.25) is 0 Å². The molecule has 112 valence electrons. The number of hydrogen-bond acceptors (Lipinski definition) is 4. The highest BCUT2D eigenvalue weighted by atomic mass is 16.5. The van der Waals surface area contributed by atoms with Crippen molar-refractivity contribution < 1.29 is 4.74 Å². The number of nitrogens with zero attached hydrogens (tertiary/aromatic N) is 1. The standard InChI is InChI=1S/C16H27N3O/c1-3-20-15-6-4-5-14(16(15)17)18-10-7-13-8-11-19(2)12-9-13/h4-6,13,18H,3,7-12,17H2,1-2H3. The van der Waals surface area contributed by atoms with Crippen molar-refractivity contribution in [3.05, 3.63) is 18.2 Å². The van der Waals surface area contributed by atoms with Crippen LogP contribution in [0.15, 0.2) is 18.2 Å². The van der Waals surface area contributed by atoms with Gasteiger partial charge in [-0.2, -0.15) is 0 Å². The predicted octanol–water partition coefficient (Wildman–Crippen LogP) is 2.81. The third-order valence-corrected chi connectivity index (χ3v) is 4.07. The van der Waals surface area contributed by atoms with Gasteiger partial charge in [0.15, 0.2) is 0 Å². The number of nitrogens with one attached hydrogen (secondary N) is 1. The molecular weight excluding hydrogens is 250 g/mol. The molecule has 0 aliphatic carbocycles. The van der Waals surface area contributed by atoms with Crippen LogP contribution in [0.5, 0.6) is 5.75 Å². The summed E-state index contributed by atoms with van der Waals surface area (Å²) in [6.45, 7) is 6.05. The van der Waals surface area contributed by atoms with E-state index in [1.807, 2.05) is 25.1 Å². The second-order valence-electron chi connectivity index (χ2n) is 5.61. The Morgan fingerprint density at radius 3 is 2.80 bits per heavy atom. The van der Waals surface area contributed by atoms with Gasteiger partial charge in [-0.3, -0.25) is 0 Å². The van der Waals surface area contributed by atoms with Crippen LogP contribution in [0.25, 0.3) is 0 Å². The van der Waals surface area contributed by atoms with E-state index < -0.39 is 0 Å². The molecule has 1 aliphatic heterocycles. The lowest BCUT2D eigenvalue weighted by Crippen LogP contribution is -2.30. The second-order valence-corrected chi connectivity index (χ2v) is 5.61. The largest absolute Gasteiger partial charge is 0.492 e. The van der Waals surface area contributed by atoms with Crippen LogP contribution in [0.3, 0.4) is 0 Å². The summed E-state index contributed by atoms with van der Waals surface area (Å²) in [5, 5.41) is 3.45. The number of piperidine rings is 1. The summed E-state index contributed by atoms with van der Waals surface area (Å²) in [5.74, 6) is 1.62. The third kappa shape index (κ3) is 4.04. The van der Waals surface area contributed by atoms with Crippen LogP contribution in [0.1, 0.15) is 26.2 Å². The quantitative estimate of drug-likeness (QED) is 0.785. The summed E-state index contributed by atoms with van der Waals surface area (Å²) in [4.78, 5) is 2.41. The fraction of sp³-hybridized carbons (Fsp3) is 0.625. The molecule has 0 spiro atoms. The average Bonchev–Trinajstić information content (AvgIpc) is 2.45. The summed E-state index contributed by atoms with van der Waals surface area (Å²) >= 11 is 0. The van der Waals surface area contributed by atoms with Crippen LogP contribution in [0.2, 0.25) is 0 Å². The molecule has 0 aromatic heterocycles. The number of nitrogen functional groups attached to an aromatic ring is 1. The number of benzene rings is 1. The zero-order valence-electron chi connectivity index (χ0n) is 12.7. The molecular formula is C16H27N3O. The Morgan fingerprint density at radius 1 is 1.35 bits per heavy atom. The van der Waals surface area contributed by atoms with Crippen molar-refractivity contribution in [2.24, 2.45) is 5.92 Å². The fourth-order valence-corrected chi connectivity index (χ4v) is 2.74. The van der Waals surface area contributed by atoms with E-state index in [-0.39, 0.29) is 0 Å². The number of hydrogen-bond donors (Lipinski definition) is 2. The maximum absolute atomic E-state index is 6.11. The van der Waals surface area contributed by atoms with Gasteiger partial charge in [-0.1, -0.05) is 6.07 Å². The van der Waals surface area contributed by atoms with Crippen molar-refractivity contribution in [3.8, 4) is 5.75 Å². The lowest BCUT2D eigenvalue weighted by Gasteiger charge is -2.29. The highest BCUT2D eigenvalue weighted by molar-refractivity contribution is 5.72. The van der Waals surface area contributed by atoms with E-state index in [9.17, 15) is 0 Å². The second kappa shape index (κ2) is 7.39. The molecule has 1 fully saturated rings. The molecule has 1 aromatic carbocycles. The van der Waals surface area contributed by atoms with Crippen LogP contribution in [-0.2, 0) is 0 Å². The molecule has 0 unspecified atom stereocenters. The molecule has 1 heterocycles. The number of anilines is 2. The minimum Gasteiger partial charge on any atom is -0.492 e. The number of rotatable bonds is 6. The summed E-state index contributed by atoms with van der Waals surface area (Å²) in [6, 6.07) is 5.92. The maximum Gasteiger partial charge on any atom is 0.144 e. The van der Waals surface area contributed by atoms with Gasteiger partial charge in [-0.15, -0.1) is 0 Å². The summed E-state index contributed by atoms with van der Waals surface area (Å²) in [6.07, 6.45) is 3.84. The molecule has 2 rings (SSSR count).